The van der Waals surface area contributed by atoms with Crippen molar-refractivity contribution in [1.82, 2.24) is 0 Å². The fourth-order valence-electron chi connectivity index (χ4n) is 9.04. The zero-order valence-electron chi connectivity index (χ0n) is 30.8. The van der Waals surface area contributed by atoms with Crippen molar-refractivity contribution in [2.75, 3.05) is 4.90 Å². The second-order valence-electron chi connectivity index (χ2n) is 14.8. The van der Waals surface area contributed by atoms with Crippen LogP contribution in [0.1, 0.15) is 0 Å². The van der Waals surface area contributed by atoms with Crippen LogP contribution in [0.25, 0.3) is 96.7 Å². The van der Waals surface area contributed by atoms with E-state index >= 15 is 0 Å². The second-order valence-corrected chi connectivity index (χ2v) is 15.8. The molecule has 266 valence electrons. The van der Waals surface area contributed by atoms with Crippen LogP contribution >= 0.6 is 11.3 Å². The predicted octanol–water partition coefficient (Wildman–Crippen LogP) is 16.2. The number of hydrogen-bond acceptors (Lipinski definition) is 3. The molecule has 0 radical (unpaired) electrons. The first-order valence-corrected chi connectivity index (χ1v) is 20.2. The van der Waals surface area contributed by atoms with E-state index in [2.05, 4.69) is 205 Å². The van der Waals surface area contributed by atoms with Crippen LogP contribution in [0.5, 0.6) is 0 Å². The van der Waals surface area contributed by atoms with Crippen molar-refractivity contribution in [3.63, 3.8) is 0 Å². The van der Waals surface area contributed by atoms with Gasteiger partial charge in [0.2, 0.25) is 0 Å². The molecule has 0 amide bonds. The molecule has 10 aromatic carbocycles. The summed E-state index contributed by atoms with van der Waals surface area (Å²) in [5, 5.41) is 12.0. The fourth-order valence-corrected chi connectivity index (χ4v) is 10.3. The third-order valence-electron chi connectivity index (χ3n) is 11.6. The van der Waals surface area contributed by atoms with E-state index in [1.54, 1.807) is 0 Å². The third-order valence-corrected chi connectivity index (χ3v) is 12.8. The van der Waals surface area contributed by atoms with E-state index in [1.165, 1.54) is 58.2 Å². The van der Waals surface area contributed by atoms with Gasteiger partial charge in [0.1, 0.15) is 11.2 Å². The second kappa shape index (κ2) is 12.7. The van der Waals surface area contributed by atoms with Gasteiger partial charge in [-0.15, -0.1) is 11.3 Å². The molecular weight excluding hydrogens is 711 g/mol. The van der Waals surface area contributed by atoms with Crippen LogP contribution < -0.4 is 4.90 Å². The lowest BCUT2D eigenvalue weighted by atomic mass is 9.94. The molecule has 0 atom stereocenters. The van der Waals surface area contributed by atoms with Crippen LogP contribution in [0, 0.1) is 0 Å². The highest BCUT2D eigenvalue weighted by Gasteiger charge is 2.25. The smallest absolute Gasteiger partial charge is 0.145 e. The maximum atomic E-state index is 7.21. The fraction of sp³-hybridized carbons (Fsp3) is 0. The topological polar surface area (TPSA) is 16.4 Å². The van der Waals surface area contributed by atoms with E-state index < -0.39 is 0 Å². The van der Waals surface area contributed by atoms with Crippen molar-refractivity contribution in [2.24, 2.45) is 0 Å². The molecule has 0 spiro atoms. The van der Waals surface area contributed by atoms with E-state index in [1.807, 2.05) is 11.3 Å². The molecule has 0 saturated heterocycles. The molecule has 2 aromatic heterocycles. The van der Waals surface area contributed by atoms with Crippen molar-refractivity contribution in [3.8, 4) is 22.3 Å². The molecule has 0 saturated carbocycles. The zero-order valence-corrected chi connectivity index (χ0v) is 31.6. The van der Waals surface area contributed by atoms with Gasteiger partial charge in [-0.05, 0) is 86.1 Å². The standard InChI is InChI=1S/C54H33NOS/c1-2-14-36(15-3-1)50-48(32-31-47-51-44-20-8-6-17-41(44)42-18-7-9-21-45(42)52(51)56-53(47)50)55(39-30-25-34-13-4-5-16-37(34)33-39)38-28-26-35(27-29-38)40-22-12-23-46-43-19-10-11-24-49(43)57-54(40)46/h1-33H. The van der Waals surface area contributed by atoms with Gasteiger partial charge in [0, 0.05) is 53.3 Å². The van der Waals surface area contributed by atoms with Crippen molar-refractivity contribution < 1.29 is 4.42 Å². The van der Waals surface area contributed by atoms with Gasteiger partial charge < -0.3 is 9.32 Å². The van der Waals surface area contributed by atoms with Crippen LogP contribution in [0.15, 0.2) is 205 Å². The lowest BCUT2D eigenvalue weighted by Gasteiger charge is -2.28. The molecule has 0 aliphatic carbocycles. The summed E-state index contributed by atoms with van der Waals surface area (Å²) in [5.41, 5.74) is 9.62. The third kappa shape index (κ3) is 4.96. The lowest BCUT2D eigenvalue weighted by molar-refractivity contribution is 0.674. The monoisotopic (exact) mass is 743 g/mol. The Morgan fingerprint density at radius 1 is 0.386 bits per heavy atom. The Bertz CT molecular complexity index is 3520. The van der Waals surface area contributed by atoms with Crippen molar-refractivity contribution >= 4 is 103 Å². The maximum Gasteiger partial charge on any atom is 0.145 e. The first-order valence-electron chi connectivity index (χ1n) is 19.4. The average Bonchev–Trinajstić information content (AvgIpc) is 3.87. The van der Waals surface area contributed by atoms with Crippen LogP contribution in [0.4, 0.5) is 17.1 Å². The highest BCUT2D eigenvalue weighted by Crippen LogP contribution is 2.50. The van der Waals surface area contributed by atoms with Crippen LogP contribution in [0.3, 0.4) is 0 Å². The summed E-state index contributed by atoms with van der Waals surface area (Å²) < 4.78 is 9.84. The molecule has 0 aliphatic heterocycles. The van der Waals surface area contributed by atoms with Crippen molar-refractivity contribution in [2.45, 2.75) is 0 Å². The molecule has 2 heterocycles. The van der Waals surface area contributed by atoms with Crippen LogP contribution in [-0.4, -0.2) is 0 Å². The number of thiophene rings is 1. The Morgan fingerprint density at radius 2 is 1.04 bits per heavy atom. The Kier molecular flexibility index (Phi) is 7.13. The Morgan fingerprint density at radius 3 is 1.86 bits per heavy atom. The van der Waals surface area contributed by atoms with Crippen LogP contribution in [0.2, 0.25) is 0 Å². The predicted molar refractivity (Wildman–Crippen MR) is 245 cm³/mol. The molecule has 57 heavy (non-hydrogen) atoms. The number of benzene rings is 10. The van der Waals surface area contributed by atoms with Gasteiger partial charge in [0.05, 0.1) is 5.69 Å². The molecule has 0 unspecified atom stereocenters. The SMILES string of the molecule is c1ccc(-c2c(N(c3ccc(-c4cccc5c4sc4ccccc45)cc3)c3ccc4ccccc4c3)ccc3c2oc2c4ccccc4c4ccccc4c32)cc1. The number of fused-ring (bicyclic) bond motifs is 12. The lowest BCUT2D eigenvalue weighted by Crippen LogP contribution is -2.11. The van der Waals surface area contributed by atoms with E-state index in [4.69, 9.17) is 4.42 Å². The maximum absolute atomic E-state index is 7.21. The molecule has 0 bridgehead atoms. The molecule has 3 heteroatoms. The van der Waals surface area contributed by atoms with Gasteiger partial charge in [-0.3, -0.25) is 0 Å². The summed E-state index contributed by atoms with van der Waals surface area (Å²) in [6.45, 7) is 0. The summed E-state index contributed by atoms with van der Waals surface area (Å²) >= 11 is 1.87. The van der Waals surface area contributed by atoms with Crippen molar-refractivity contribution in [3.05, 3.63) is 200 Å². The summed E-state index contributed by atoms with van der Waals surface area (Å²) in [4.78, 5) is 2.40. The normalized spacial score (nSPS) is 11.9. The minimum atomic E-state index is 0.883. The minimum absolute atomic E-state index is 0.883. The van der Waals surface area contributed by atoms with Gasteiger partial charge in [-0.1, -0.05) is 158 Å². The molecule has 12 rings (SSSR count). The quantitative estimate of drug-likeness (QED) is 0.163. The molecule has 0 fully saturated rings. The summed E-state index contributed by atoms with van der Waals surface area (Å²) in [5.74, 6) is 0. The minimum Gasteiger partial charge on any atom is -0.455 e. The average molecular weight is 744 g/mol. The van der Waals surface area contributed by atoms with E-state index in [-0.39, 0.29) is 0 Å². The number of anilines is 3. The highest BCUT2D eigenvalue weighted by atomic mass is 32.1. The molecule has 12 aromatic rings. The van der Waals surface area contributed by atoms with Crippen LogP contribution in [-0.2, 0) is 0 Å². The number of nitrogens with zero attached hydrogens (tertiary/aromatic N) is 1. The molecule has 2 nitrogen and oxygen atoms in total. The number of furan rings is 1. The van der Waals surface area contributed by atoms with Crippen molar-refractivity contribution in [1.29, 1.82) is 0 Å². The molecular formula is C54H33NOS. The van der Waals surface area contributed by atoms with E-state index in [9.17, 15) is 0 Å². The van der Waals surface area contributed by atoms with Gasteiger partial charge in [0.25, 0.3) is 0 Å². The first kappa shape index (κ1) is 32.1. The molecule has 0 aliphatic rings. The summed E-state index contributed by atoms with van der Waals surface area (Å²) in [6.07, 6.45) is 0. The van der Waals surface area contributed by atoms with E-state index in [0.717, 1.165) is 55.5 Å². The summed E-state index contributed by atoms with van der Waals surface area (Å²) in [7, 11) is 0. The van der Waals surface area contributed by atoms with Gasteiger partial charge >= 0.3 is 0 Å². The zero-order chi connectivity index (χ0) is 37.5. The Hall–Kier alpha value is -7.20. The van der Waals surface area contributed by atoms with Gasteiger partial charge in [-0.2, -0.15) is 0 Å². The summed E-state index contributed by atoms with van der Waals surface area (Å²) in [6, 6.07) is 72.5. The Labute approximate surface area is 333 Å². The first-order chi connectivity index (χ1) is 28.3. The van der Waals surface area contributed by atoms with E-state index in [0.29, 0.717) is 0 Å². The number of rotatable bonds is 5. The molecule has 0 N–H and O–H groups in total. The largest absolute Gasteiger partial charge is 0.455 e. The number of hydrogen-bond donors (Lipinski definition) is 0. The van der Waals surface area contributed by atoms with Gasteiger partial charge in [-0.25, -0.2) is 0 Å². The Balaban J connectivity index is 1.13. The highest BCUT2D eigenvalue weighted by molar-refractivity contribution is 7.26. The van der Waals surface area contributed by atoms with Gasteiger partial charge in [0.15, 0.2) is 0 Å².